The maximum absolute atomic E-state index is 12.3. The van der Waals surface area contributed by atoms with Gasteiger partial charge in [0, 0.05) is 55.8 Å². The molecule has 2 aromatic rings. The minimum absolute atomic E-state index is 0.0255. The molecule has 8 heteroatoms. The SMILES string of the molecule is CN1Cc2cnccc2-c2cc(Br)c(OCC(N)CCC(F)(F)F)cc21. The Labute approximate surface area is 158 Å². The first-order valence-corrected chi connectivity index (χ1v) is 8.97. The normalized spacial score (nSPS) is 14.6. The Hall–Kier alpha value is -1.80. The molecule has 0 aliphatic carbocycles. The molecule has 1 aliphatic rings. The largest absolute Gasteiger partial charge is 0.491 e. The Balaban J connectivity index is 1.76. The lowest BCUT2D eigenvalue weighted by molar-refractivity contribution is -0.136. The number of halogens is 4. The number of aromatic nitrogens is 1. The number of alkyl halides is 3. The Morgan fingerprint density at radius 1 is 1.35 bits per heavy atom. The van der Waals surface area contributed by atoms with E-state index in [2.05, 4.69) is 25.8 Å². The summed E-state index contributed by atoms with van der Waals surface area (Å²) in [5.41, 5.74) is 10.0. The first-order valence-electron chi connectivity index (χ1n) is 8.17. The number of nitrogens with zero attached hydrogens (tertiary/aromatic N) is 2. The molecule has 1 aliphatic heterocycles. The van der Waals surface area contributed by atoms with E-state index in [0.29, 0.717) is 5.75 Å². The van der Waals surface area contributed by atoms with Crippen molar-refractivity contribution in [3.05, 3.63) is 40.6 Å². The molecule has 0 saturated carbocycles. The van der Waals surface area contributed by atoms with Crippen molar-refractivity contribution in [2.24, 2.45) is 5.73 Å². The standard InChI is InChI=1S/C18H19BrF3N3O/c1-25-9-11-8-24-5-3-13(11)14-6-15(19)17(7-16(14)25)26-10-12(23)2-4-18(20,21)22/h3,5-8,12H,2,4,9-10,23H2,1H3. The van der Waals surface area contributed by atoms with Crippen LogP contribution in [0.25, 0.3) is 11.1 Å². The van der Waals surface area contributed by atoms with Crippen LogP contribution in [0.5, 0.6) is 5.75 Å². The van der Waals surface area contributed by atoms with Crippen LogP contribution in [0.15, 0.2) is 35.1 Å². The van der Waals surface area contributed by atoms with Crippen molar-refractivity contribution in [2.45, 2.75) is 31.6 Å². The summed E-state index contributed by atoms with van der Waals surface area (Å²) < 4.78 is 43.3. The molecule has 0 amide bonds. The summed E-state index contributed by atoms with van der Waals surface area (Å²) in [6, 6.07) is 5.14. The van der Waals surface area contributed by atoms with Gasteiger partial charge in [-0.1, -0.05) is 0 Å². The fraction of sp³-hybridized carbons (Fsp3) is 0.389. The molecule has 2 heterocycles. The van der Waals surface area contributed by atoms with E-state index < -0.39 is 18.6 Å². The van der Waals surface area contributed by atoms with Gasteiger partial charge in [0.1, 0.15) is 12.4 Å². The predicted molar refractivity (Wildman–Crippen MR) is 98.2 cm³/mol. The Bertz CT molecular complexity index is 798. The Kier molecular flexibility index (Phi) is 5.43. The molecule has 26 heavy (non-hydrogen) atoms. The summed E-state index contributed by atoms with van der Waals surface area (Å²) in [6.07, 6.45) is -1.66. The van der Waals surface area contributed by atoms with Crippen molar-refractivity contribution in [3.8, 4) is 16.9 Å². The number of fused-ring (bicyclic) bond motifs is 3. The van der Waals surface area contributed by atoms with Crippen molar-refractivity contribution in [2.75, 3.05) is 18.6 Å². The van der Waals surface area contributed by atoms with Crippen LogP contribution in [-0.4, -0.2) is 30.9 Å². The summed E-state index contributed by atoms with van der Waals surface area (Å²) >= 11 is 3.49. The van der Waals surface area contributed by atoms with Gasteiger partial charge in [-0.15, -0.1) is 0 Å². The zero-order valence-corrected chi connectivity index (χ0v) is 15.8. The molecule has 140 valence electrons. The maximum Gasteiger partial charge on any atom is 0.389 e. The average Bonchev–Trinajstić information content (AvgIpc) is 2.58. The van der Waals surface area contributed by atoms with Gasteiger partial charge >= 0.3 is 6.18 Å². The van der Waals surface area contributed by atoms with E-state index in [1.807, 2.05) is 31.4 Å². The Morgan fingerprint density at radius 2 is 2.12 bits per heavy atom. The highest BCUT2D eigenvalue weighted by Gasteiger charge is 2.28. The summed E-state index contributed by atoms with van der Waals surface area (Å²) in [5.74, 6) is 0.565. The monoisotopic (exact) mass is 429 g/mol. The molecule has 0 fully saturated rings. The van der Waals surface area contributed by atoms with E-state index in [-0.39, 0.29) is 13.0 Å². The second-order valence-electron chi connectivity index (χ2n) is 6.41. The number of benzene rings is 1. The van der Waals surface area contributed by atoms with Crippen LogP contribution in [0.1, 0.15) is 18.4 Å². The molecule has 1 atom stereocenters. The van der Waals surface area contributed by atoms with Gasteiger partial charge in [-0.05, 0) is 45.6 Å². The van der Waals surface area contributed by atoms with Gasteiger partial charge in [0.05, 0.1) is 4.47 Å². The minimum atomic E-state index is -4.20. The first kappa shape index (κ1) is 19.0. The van der Waals surface area contributed by atoms with Crippen molar-refractivity contribution in [1.29, 1.82) is 0 Å². The molecule has 0 saturated heterocycles. The number of anilines is 1. The zero-order valence-electron chi connectivity index (χ0n) is 14.2. The van der Waals surface area contributed by atoms with Crippen molar-refractivity contribution < 1.29 is 17.9 Å². The molecule has 1 aromatic heterocycles. The van der Waals surface area contributed by atoms with Crippen LogP contribution < -0.4 is 15.4 Å². The fourth-order valence-electron chi connectivity index (χ4n) is 2.97. The lowest BCUT2D eigenvalue weighted by Crippen LogP contribution is -2.29. The molecule has 2 N–H and O–H groups in total. The summed E-state index contributed by atoms with van der Waals surface area (Å²) in [7, 11) is 1.97. The second kappa shape index (κ2) is 7.44. The minimum Gasteiger partial charge on any atom is -0.491 e. The third-order valence-corrected chi connectivity index (χ3v) is 4.93. The van der Waals surface area contributed by atoms with Crippen molar-refractivity contribution in [3.63, 3.8) is 0 Å². The number of nitrogens with two attached hydrogens (primary N) is 1. The molecule has 1 unspecified atom stereocenters. The zero-order chi connectivity index (χ0) is 18.9. The highest BCUT2D eigenvalue weighted by atomic mass is 79.9. The molecule has 1 aromatic carbocycles. The van der Waals surface area contributed by atoms with Gasteiger partial charge in [0.25, 0.3) is 0 Å². The lowest BCUT2D eigenvalue weighted by Gasteiger charge is -2.30. The van der Waals surface area contributed by atoms with Crippen LogP contribution in [0.3, 0.4) is 0 Å². The first-order chi connectivity index (χ1) is 12.2. The molecule has 4 nitrogen and oxygen atoms in total. The van der Waals surface area contributed by atoms with Gasteiger partial charge in [0.15, 0.2) is 0 Å². The van der Waals surface area contributed by atoms with E-state index in [4.69, 9.17) is 10.5 Å². The van der Waals surface area contributed by atoms with Gasteiger partial charge in [-0.25, -0.2) is 0 Å². The van der Waals surface area contributed by atoms with Crippen LogP contribution in [0.4, 0.5) is 18.9 Å². The highest BCUT2D eigenvalue weighted by Crippen LogP contribution is 2.43. The molecular weight excluding hydrogens is 411 g/mol. The quantitative estimate of drug-likeness (QED) is 0.759. The fourth-order valence-corrected chi connectivity index (χ4v) is 3.43. The number of hydrogen-bond donors (Lipinski definition) is 1. The number of hydrogen-bond acceptors (Lipinski definition) is 4. The van der Waals surface area contributed by atoms with Crippen LogP contribution in [0.2, 0.25) is 0 Å². The van der Waals surface area contributed by atoms with Crippen LogP contribution in [0, 0.1) is 0 Å². The molecule has 0 bridgehead atoms. The smallest absolute Gasteiger partial charge is 0.389 e. The van der Waals surface area contributed by atoms with Crippen LogP contribution in [-0.2, 0) is 6.54 Å². The van der Waals surface area contributed by atoms with E-state index in [1.165, 1.54) is 0 Å². The molecule has 0 spiro atoms. The third kappa shape index (κ3) is 4.29. The number of pyridine rings is 1. The predicted octanol–water partition coefficient (Wildman–Crippen LogP) is 4.51. The highest BCUT2D eigenvalue weighted by molar-refractivity contribution is 9.10. The maximum atomic E-state index is 12.3. The lowest BCUT2D eigenvalue weighted by atomic mass is 9.95. The summed E-state index contributed by atoms with van der Waals surface area (Å²) in [5, 5.41) is 0. The van der Waals surface area contributed by atoms with E-state index >= 15 is 0 Å². The second-order valence-corrected chi connectivity index (χ2v) is 7.27. The topological polar surface area (TPSA) is 51.4 Å². The van der Waals surface area contributed by atoms with E-state index in [0.717, 1.165) is 33.4 Å². The van der Waals surface area contributed by atoms with Gasteiger partial charge in [0.2, 0.25) is 0 Å². The van der Waals surface area contributed by atoms with E-state index in [9.17, 15) is 13.2 Å². The van der Waals surface area contributed by atoms with Gasteiger partial charge in [-0.3, -0.25) is 4.98 Å². The molecule has 3 rings (SSSR count). The molecular formula is C18H19BrF3N3O. The van der Waals surface area contributed by atoms with Gasteiger partial charge < -0.3 is 15.4 Å². The average molecular weight is 430 g/mol. The third-order valence-electron chi connectivity index (χ3n) is 4.31. The summed E-state index contributed by atoms with van der Waals surface area (Å²) in [6.45, 7) is 0.750. The van der Waals surface area contributed by atoms with E-state index in [1.54, 1.807) is 6.20 Å². The Morgan fingerprint density at radius 3 is 2.85 bits per heavy atom. The van der Waals surface area contributed by atoms with Crippen molar-refractivity contribution in [1.82, 2.24) is 4.98 Å². The van der Waals surface area contributed by atoms with Gasteiger partial charge in [-0.2, -0.15) is 13.2 Å². The number of ether oxygens (including phenoxy) is 1. The van der Waals surface area contributed by atoms with Crippen LogP contribution >= 0.6 is 15.9 Å². The van der Waals surface area contributed by atoms with Crippen molar-refractivity contribution >= 4 is 21.6 Å². The number of rotatable bonds is 5. The summed E-state index contributed by atoms with van der Waals surface area (Å²) in [4.78, 5) is 6.26. The molecule has 0 radical (unpaired) electrons.